The molecule has 0 aliphatic heterocycles. The molecule has 6 aliphatic carbocycles. The molecule has 0 saturated heterocycles. The van der Waals surface area contributed by atoms with Crippen molar-refractivity contribution in [3.8, 4) is 0 Å². The Labute approximate surface area is 278 Å². The van der Waals surface area contributed by atoms with E-state index in [0.29, 0.717) is 29.6 Å². The first-order chi connectivity index (χ1) is 21.3. The van der Waals surface area contributed by atoms with Crippen molar-refractivity contribution >= 4 is 17.7 Å². The Kier molecular flexibility index (Phi) is 8.30. The molecule has 2 N–H and O–H groups in total. The van der Waals surface area contributed by atoms with E-state index in [4.69, 9.17) is 4.74 Å². The molecule has 8 atom stereocenters. The lowest BCUT2D eigenvalue weighted by Crippen LogP contribution is -2.65. The number of rotatable bonds is 9. The topological polar surface area (TPSA) is 92.7 Å². The molecule has 5 fully saturated rings. The van der Waals surface area contributed by atoms with Crippen molar-refractivity contribution < 1.29 is 24.2 Å². The predicted molar refractivity (Wildman–Crippen MR) is 181 cm³/mol. The highest BCUT2D eigenvalue weighted by Gasteiger charge is 2.70. The van der Waals surface area contributed by atoms with Crippen LogP contribution >= 0.6 is 0 Å². The van der Waals surface area contributed by atoms with Crippen LogP contribution < -0.4 is 5.32 Å². The number of aliphatic carboxylic acids is 1. The standard InChI is InChI=1S/C40H63NO5/c1-24(2)32-27(42)22-40(20-21-41-25-10-11-25)19-18-38(8)26(33(32)40)12-13-29-37(7)16-15-30(46-31(43)23-35(3,4)34(44)45)36(5,6)28(37)14-17-39(29,38)9/h24-26,28-30,41H,10-23H2,1-9H3,(H,44,45)/t26-,28?,29?,30+,37+,38-,39-,40-/m1/s1. The van der Waals surface area contributed by atoms with Crippen LogP contribution in [0.2, 0.25) is 0 Å². The van der Waals surface area contributed by atoms with E-state index in [1.807, 2.05) is 0 Å². The van der Waals surface area contributed by atoms with Gasteiger partial charge in [-0.2, -0.15) is 0 Å². The van der Waals surface area contributed by atoms with Crippen LogP contribution in [0, 0.1) is 56.2 Å². The van der Waals surface area contributed by atoms with Crippen LogP contribution in [-0.4, -0.2) is 41.5 Å². The van der Waals surface area contributed by atoms with Crippen molar-refractivity contribution in [2.75, 3.05) is 6.54 Å². The first-order valence-electron chi connectivity index (χ1n) is 18.8. The molecule has 2 unspecified atom stereocenters. The second kappa shape index (κ2) is 11.2. The fraction of sp³-hybridized carbons (Fsp3) is 0.875. The van der Waals surface area contributed by atoms with Crippen molar-refractivity contribution in [3.05, 3.63) is 11.1 Å². The molecule has 0 radical (unpaired) electrons. The molecule has 0 amide bonds. The van der Waals surface area contributed by atoms with Crippen molar-refractivity contribution in [1.82, 2.24) is 5.32 Å². The lowest BCUT2D eigenvalue weighted by molar-refractivity contribution is -0.233. The number of hydrogen-bond acceptors (Lipinski definition) is 5. The molecular formula is C40H63NO5. The number of ether oxygens (including phenoxy) is 1. The van der Waals surface area contributed by atoms with E-state index in [1.165, 1.54) is 44.1 Å². The number of ketones is 1. The average Bonchev–Trinajstić information content (AvgIpc) is 3.71. The molecule has 0 heterocycles. The Balaban J connectivity index is 1.27. The SMILES string of the molecule is CC(C)C1=C2[C@H]3CCC4[C@@]5(C)CC[C@H](OC(=O)CC(C)(C)C(=O)O)C(C)(C)C5CC[C@@]4(C)[C@]3(C)CC[C@@]2(CCNC2CC2)CC1=O. The summed E-state index contributed by atoms with van der Waals surface area (Å²) in [6.07, 6.45) is 13.0. The molecule has 46 heavy (non-hydrogen) atoms. The van der Waals surface area contributed by atoms with Crippen LogP contribution in [0.25, 0.3) is 0 Å². The summed E-state index contributed by atoms with van der Waals surface area (Å²) in [4.78, 5) is 38.5. The highest BCUT2D eigenvalue weighted by atomic mass is 16.5. The zero-order chi connectivity index (χ0) is 33.7. The van der Waals surface area contributed by atoms with Crippen molar-refractivity contribution in [2.24, 2.45) is 56.2 Å². The number of carbonyl (C=O) groups excluding carboxylic acids is 2. The lowest BCUT2D eigenvalue weighted by Gasteiger charge is -2.72. The number of Topliss-reactive ketones (excluding diaryl/α,β-unsaturated/α-hetero) is 1. The summed E-state index contributed by atoms with van der Waals surface area (Å²) in [5, 5.41) is 13.4. The largest absolute Gasteiger partial charge is 0.481 e. The molecule has 6 heteroatoms. The first-order valence-corrected chi connectivity index (χ1v) is 18.8. The van der Waals surface area contributed by atoms with Gasteiger partial charge in [0.05, 0.1) is 11.8 Å². The van der Waals surface area contributed by atoms with Gasteiger partial charge in [-0.3, -0.25) is 14.4 Å². The second-order valence-corrected chi connectivity index (χ2v) is 19.2. The molecule has 5 saturated carbocycles. The van der Waals surface area contributed by atoms with Gasteiger partial charge in [0, 0.05) is 23.3 Å². The average molecular weight is 638 g/mol. The molecule has 6 aliphatic rings. The number of carboxylic acids is 1. The van der Waals surface area contributed by atoms with E-state index in [1.54, 1.807) is 19.4 Å². The third-order valence-corrected chi connectivity index (χ3v) is 15.6. The van der Waals surface area contributed by atoms with Gasteiger partial charge in [0.25, 0.3) is 0 Å². The quantitative estimate of drug-likeness (QED) is 0.246. The van der Waals surface area contributed by atoms with Gasteiger partial charge in [0.2, 0.25) is 0 Å². The van der Waals surface area contributed by atoms with Crippen LogP contribution in [0.3, 0.4) is 0 Å². The summed E-state index contributed by atoms with van der Waals surface area (Å²) >= 11 is 0. The number of carbonyl (C=O) groups is 3. The number of carboxylic acid groups (broad SMARTS) is 1. The maximum Gasteiger partial charge on any atom is 0.309 e. The van der Waals surface area contributed by atoms with Crippen LogP contribution in [0.5, 0.6) is 0 Å². The fourth-order valence-corrected chi connectivity index (χ4v) is 12.7. The highest BCUT2D eigenvalue weighted by molar-refractivity contribution is 6.00. The third kappa shape index (κ3) is 5.07. The van der Waals surface area contributed by atoms with Gasteiger partial charge in [0.15, 0.2) is 5.78 Å². The molecule has 0 bridgehead atoms. The minimum absolute atomic E-state index is 0.0478. The Morgan fingerprint density at radius 1 is 0.913 bits per heavy atom. The maximum absolute atomic E-state index is 13.8. The molecular weight excluding hydrogens is 574 g/mol. The van der Waals surface area contributed by atoms with Gasteiger partial charge >= 0.3 is 11.9 Å². The van der Waals surface area contributed by atoms with Gasteiger partial charge in [-0.15, -0.1) is 0 Å². The lowest BCUT2D eigenvalue weighted by atomic mass is 9.33. The van der Waals surface area contributed by atoms with Crippen LogP contribution in [0.15, 0.2) is 11.1 Å². The summed E-state index contributed by atoms with van der Waals surface area (Å²) in [6.45, 7) is 21.2. The van der Waals surface area contributed by atoms with E-state index in [0.717, 1.165) is 45.1 Å². The van der Waals surface area contributed by atoms with E-state index in [-0.39, 0.29) is 51.5 Å². The molecule has 0 aromatic heterocycles. The Morgan fingerprint density at radius 3 is 2.24 bits per heavy atom. The smallest absolute Gasteiger partial charge is 0.309 e. The summed E-state index contributed by atoms with van der Waals surface area (Å²) in [7, 11) is 0. The Bertz CT molecular complexity index is 1310. The van der Waals surface area contributed by atoms with Crippen LogP contribution in [-0.2, 0) is 19.1 Å². The van der Waals surface area contributed by atoms with Crippen LogP contribution in [0.4, 0.5) is 0 Å². The maximum atomic E-state index is 13.8. The van der Waals surface area contributed by atoms with E-state index >= 15 is 0 Å². The third-order valence-electron chi connectivity index (χ3n) is 15.6. The molecule has 0 aromatic rings. The number of hydrogen-bond donors (Lipinski definition) is 2. The Morgan fingerprint density at radius 2 is 1.61 bits per heavy atom. The minimum Gasteiger partial charge on any atom is -0.481 e. The summed E-state index contributed by atoms with van der Waals surface area (Å²) in [5.41, 5.74) is 2.01. The predicted octanol–water partition coefficient (Wildman–Crippen LogP) is 8.52. The minimum atomic E-state index is -1.13. The molecule has 6 rings (SSSR count). The zero-order valence-electron chi connectivity index (χ0n) is 30.4. The van der Waals surface area contributed by atoms with E-state index in [9.17, 15) is 19.5 Å². The molecule has 258 valence electrons. The van der Waals surface area contributed by atoms with E-state index < -0.39 is 11.4 Å². The Hall–Kier alpha value is -1.69. The van der Waals surface area contributed by atoms with Crippen molar-refractivity contribution in [3.63, 3.8) is 0 Å². The van der Waals surface area contributed by atoms with Gasteiger partial charge in [-0.25, -0.2) is 0 Å². The number of fused-ring (bicyclic) bond motifs is 7. The first kappa shape index (κ1) is 34.2. The summed E-state index contributed by atoms with van der Waals surface area (Å²) in [6, 6.07) is 0.698. The highest BCUT2D eigenvalue weighted by Crippen LogP contribution is 2.77. The van der Waals surface area contributed by atoms with Gasteiger partial charge in [0.1, 0.15) is 6.10 Å². The second-order valence-electron chi connectivity index (χ2n) is 19.2. The summed E-state index contributed by atoms with van der Waals surface area (Å²) < 4.78 is 6.16. The number of nitrogens with one attached hydrogen (secondary N) is 1. The molecule has 0 spiro atoms. The summed E-state index contributed by atoms with van der Waals surface area (Å²) in [5.74, 6) is 0.866. The van der Waals surface area contributed by atoms with Crippen molar-refractivity contribution in [2.45, 2.75) is 158 Å². The van der Waals surface area contributed by atoms with Crippen LogP contribution in [0.1, 0.15) is 146 Å². The number of esters is 1. The monoisotopic (exact) mass is 637 g/mol. The molecule has 6 nitrogen and oxygen atoms in total. The number of allylic oxidation sites excluding steroid dienone is 2. The zero-order valence-corrected chi connectivity index (χ0v) is 30.4. The fourth-order valence-electron chi connectivity index (χ4n) is 12.7. The van der Waals surface area contributed by atoms with Gasteiger partial charge in [-0.05, 0) is 137 Å². The van der Waals surface area contributed by atoms with E-state index in [2.05, 4.69) is 53.8 Å². The van der Waals surface area contributed by atoms with Gasteiger partial charge in [-0.1, -0.05) is 54.0 Å². The van der Waals surface area contributed by atoms with Gasteiger partial charge < -0.3 is 15.2 Å². The van der Waals surface area contributed by atoms with Crippen molar-refractivity contribution in [1.29, 1.82) is 0 Å². The molecule has 0 aromatic carbocycles. The normalized spacial score (nSPS) is 41.8.